The van der Waals surface area contributed by atoms with E-state index in [0.717, 1.165) is 64.9 Å². The van der Waals surface area contributed by atoms with E-state index in [1.54, 1.807) is 6.20 Å². The molecule has 1 aliphatic heterocycles. The van der Waals surface area contributed by atoms with Crippen molar-refractivity contribution in [3.8, 4) is 0 Å². The van der Waals surface area contributed by atoms with E-state index in [4.69, 9.17) is 9.73 Å². The van der Waals surface area contributed by atoms with Crippen molar-refractivity contribution in [3.05, 3.63) is 18.7 Å². The van der Waals surface area contributed by atoms with Gasteiger partial charge in [-0.1, -0.05) is 13.8 Å². The fraction of sp³-hybridized carbons (Fsp3) is 0.778. The fourth-order valence-corrected chi connectivity index (χ4v) is 3.09. The number of aromatic nitrogens is 2. The maximum atomic E-state index is 5.50. The molecule has 0 spiro atoms. The van der Waals surface area contributed by atoms with Gasteiger partial charge in [0.1, 0.15) is 0 Å². The normalized spacial score (nSPS) is 17.7. The van der Waals surface area contributed by atoms with Crippen LogP contribution in [-0.2, 0) is 11.3 Å². The van der Waals surface area contributed by atoms with Gasteiger partial charge in [0.05, 0.1) is 26.1 Å². The van der Waals surface area contributed by atoms with E-state index < -0.39 is 0 Å². The second kappa shape index (κ2) is 11.1. The van der Waals surface area contributed by atoms with Crippen LogP contribution < -0.4 is 10.6 Å². The number of nitrogens with one attached hydrogen (secondary N) is 2. The number of aliphatic imine (C=N–C) groups is 1. The maximum absolute atomic E-state index is 5.50. The Hall–Kier alpha value is -1.60. The van der Waals surface area contributed by atoms with Crippen LogP contribution >= 0.6 is 0 Å². The fourth-order valence-electron chi connectivity index (χ4n) is 3.09. The van der Waals surface area contributed by atoms with Crippen LogP contribution in [0.15, 0.2) is 23.7 Å². The van der Waals surface area contributed by atoms with Gasteiger partial charge in [-0.2, -0.15) is 0 Å². The van der Waals surface area contributed by atoms with E-state index in [9.17, 15) is 0 Å². The summed E-state index contributed by atoms with van der Waals surface area (Å²) in [5.41, 5.74) is 0. The van der Waals surface area contributed by atoms with Crippen molar-refractivity contribution in [2.75, 3.05) is 45.9 Å². The Balaban J connectivity index is 1.87. The molecule has 0 aromatic carbocycles. The molecule has 1 aromatic heterocycles. The van der Waals surface area contributed by atoms with Gasteiger partial charge in [-0.3, -0.25) is 9.89 Å². The Morgan fingerprint density at radius 1 is 1.28 bits per heavy atom. The lowest BCUT2D eigenvalue weighted by Crippen LogP contribution is -2.46. The summed E-state index contributed by atoms with van der Waals surface area (Å²) >= 11 is 0. The molecule has 142 valence electrons. The number of guanidine groups is 1. The quantitative estimate of drug-likeness (QED) is 0.517. The summed E-state index contributed by atoms with van der Waals surface area (Å²) in [6, 6.07) is 0.480. The Morgan fingerprint density at radius 2 is 2.08 bits per heavy atom. The maximum Gasteiger partial charge on any atom is 0.191 e. The predicted molar refractivity (Wildman–Crippen MR) is 102 cm³/mol. The van der Waals surface area contributed by atoms with Crippen LogP contribution in [0.3, 0.4) is 0 Å². The largest absolute Gasteiger partial charge is 0.379 e. The first-order valence-corrected chi connectivity index (χ1v) is 9.48. The molecule has 2 rings (SSSR count). The smallest absolute Gasteiger partial charge is 0.191 e. The van der Waals surface area contributed by atoms with Gasteiger partial charge < -0.3 is 19.9 Å². The predicted octanol–water partition coefficient (Wildman–Crippen LogP) is 1.19. The zero-order valence-corrected chi connectivity index (χ0v) is 15.9. The molecule has 0 aliphatic carbocycles. The lowest BCUT2D eigenvalue weighted by molar-refractivity contribution is 0.0143. The third kappa shape index (κ3) is 7.44. The van der Waals surface area contributed by atoms with Gasteiger partial charge in [0.25, 0.3) is 0 Å². The number of morpholine rings is 1. The van der Waals surface area contributed by atoms with Crippen LogP contribution in [0.1, 0.15) is 27.2 Å². The summed E-state index contributed by atoms with van der Waals surface area (Å²) in [4.78, 5) is 11.4. The molecule has 0 radical (unpaired) electrons. The molecular formula is C18H34N6O. The Morgan fingerprint density at radius 3 is 2.72 bits per heavy atom. The molecule has 0 saturated carbocycles. The number of hydrogen-bond acceptors (Lipinski definition) is 4. The first-order valence-electron chi connectivity index (χ1n) is 9.48. The van der Waals surface area contributed by atoms with Crippen molar-refractivity contribution >= 4 is 5.96 Å². The van der Waals surface area contributed by atoms with Gasteiger partial charge in [0.2, 0.25) is 0 Å². The van der Waals surface area contributed by atoms with Gasteiger partial charge in [-0.05, 0) is 19.3 Å². The highest BCUT2D eigenvalue weighted by molar-refractivity contribution is 5.79. The SMILES string of the molecule is CCNC(=NCC(CC(C)C)N1CCOCC1)NCCn1ccnc1. The molecule has 1 aliphatic rings. The standard InChI is InChI=1S/C18H34N6O/c1-4-20-18(21-6-8-23-7-5-19-15-23)22-14-17(13-16(2)3)24-9-11-25-12-10-24/h5,7,15-17H,4,6,8-14H2,1-3H3,(H2,20,21,22). The van der Waals surface area contributed by atoms with Gasteiger partial charge in [0.15, 0.2) is 5.96 Å². The van der Waals surface area contributed by atoms with Crippen molar-refractivity contribution in [2.24, 2.45) is 10.9 Å². The zero-order valence-electron chi connectivity index (χ0n) is 15.9. The number of ether oxygens (including phenoxy) is 1. The van der Waals surface area contributed by atoms with Gasteiger partial charge in [0, 0.05) is 51.2 Å². The molecule has 1 unspecified atom stereocenters. The summed E-state index contributed by atoms with van der Waals surface area (Å²) in [6.07, 6.45) is 6.78. The lowest BCUT2D eigenvalue weighted by atomic mass is 10.0. The van der Waals surface area contributed by atoms with Gasteiger partial charge in [-0.15, -0.1) is 0 Å². The number of rotatable bonds is 9. The van der Waals surface area contributed by atoms with Crippen LogP contribution in [0, 0.1) is 5.92 Å². The van der Waals surface area contributed by atoms with Gasteiger partial charge >= 0.3 is 0 Å². The zero-order chi connectivity index (χ0) is 17.9. The summed E-state index contributed by atoms with van der Waals surface area (Å²) in [5, 5.41) is 6.76. The molecule has 1 aromatic rings. The molecule has 0 amide bonds. The molecule has 2 heterocycles. The van der Waals surface area contributed by atoms with Crippen molar-refractivity contribution in [1.82, 2.24) is 25.1 Å². The van der Waals surface area contributed by atoms with Crippen molar-refractivity contribution < 1.29 is 4.74 Å². The molecule has 1 atom stereocenters. The first kappa shape index (κ1) is 19.7. The average Bonchev–Trinajstić information content (AvgIpc) is 3.12. The summed E-state index contributed by atoms with van der Waals surface area (Å²) in [5.74, 6) is 1.56. The highest BCUT2D eigenvalue weighted by Gasteiger charge is 2.21. The van der Waals surface area contributed by atoms with E-state index >= 15 is 0 Å². The second-order valence-corrected chi connectivity index (χ2v) is 6.88. The minimum Gasteiger partial charge on any atom is -0.379 e. The molecule has 0 bridgehead atoms. The van der Waals surface area contributed by atoms with E-state index in [2.05, 4.69) is 45.9 Å². The third-order valence-electron chi connectivity index (χ3n) is 4.33. The molecule has 2 N–H and O–H groups in total. The molecule has 7 heteroatoms. The van der Waals surface area contributed by atoms with E-state index in [1.807, 2.05) is 12.5 Å². The highest BCUT2D eigenvalue weighted by atomic mass is 16.5. The Labute approximate surface area is 151 Å². The monoisotopic (exact) mass is 350 g/mol. The average molecular weight is 351 g/mol. The Kier molecular flexibility index (Phi) is 8.76. The van der Waals surface area contributed by atoms with Crippen LogP contribution in [0.5, 0.6) is 0 Å². The topological polar surface area (TPSA) is 66.7 Å². The van der Waals surface area contributed by atoms with Crippen molar-refractivity contribution in [2.45, 2.75) is 39.8 Å². The summed E-state index contributed by atoms with van der Waals surface area (Å²) < 4.78 is 7.56. The minimum absolute atomic E-state index is 0.480. The van der Waals surface area contributed by atoms with Crippen molar-refractivity contribution in [3.63, 3.8) is 0 Å². The first-order chi connectivity index (χ1) is 12.2. The molecule has 7 nitrogen and oxygen atoms in total. The minimum atomic E-state index is 0.480. The van der Waals surface area contributed by atoms with Crippen LogP contribution in [0.4, 0.5) is 0 Å². The molecule has 1 fully saturated rings. The van der Waals surface area contributed by atoms with E-state index in [0.29, 0.717) is 12.0 Å². The highest BCUT2D eigenvalue weighted by Crippen LogP contribution is 2.14. The number of imidazole rings is 1. The van der Waals surface area contributed by atoms with E-state index in [-0.39, 0.29) is 0 Å². The van der Waals surface area contributed by atoms with Crippen LogP contribution in [0.2, 0.25) is 0 Å². The molecule has 25 heavy (non-hydrogen) atoms. The third-order valence-corrected chi connectivity index (χ3v) is 4.33. The summed E-state index contributed by atoms with van der Waals surface area (Å²) in [7, 11) is 0. The summed E-state index contributed by atoms with van der Waals surface area (Å²) in [6.45, 7) is 13.7. The molecule has 1 saturated heterocycles. The second-order valence-electron chi connectivity index (χ2n) is 6.88. The number of hydrogen-bond donors (Lipinski definition) is 2. The van der Waals surface area contributed by atoms with E-state index in [1.165, 1.54) is 0 Å². The Bertz CT molecular complexity index is 482. The van der Waals surface area contributed by atoms with Crippen LogP contribution in [0.25, 0.3) is 0 Å². The van der Waals surface area contributed by atoms with Crippen molar-refractivity contribution in [1.29, 1.82) is 0 Å². The van der Waals surface area contributed by atoms with Crippen LogP contribution in [-0.4, -0.2) is 72.4 Å². The molecular weight excluding hydrogens is 316 g/mol. The van der Waals surface area contributed by atoms with Gasteiger partial charge in [-0.25, -0.2) is 4.98 Å². The number of nitrogens with zero attached hydrogens (tertiary/aromatic N) is 4. The lowest BCUT2D eigenvalue weighted by Gasteiger charge is -2.34.